The third-order valence-corrected chi connectivity index (χ3v) is 4.40. The van der Waals surface area contributed by atoms with E-state index in [9.17, 15) is 18.8 Å². The molecule has 6 heteroatoms. The lowest BCUT2D eigenvalue weighted by molar-refractivity contribution is -0.142. The highest BCUT2D eigenvalue weighted by molar-refractivity contribution is 6.03. The number of benzene rings is 2. The highest BCUT2D eigenvalue weighted by Gasteiger charge is 2.24. The Labute approximate surface area is 150 Å². The normalized spacial score (nSPS) is 12.8. The van der Waals surface area contributed by atoms with Gasteiger partial charge in [0.15, 0.2) is 12.4 Å². The molecule has 0 saturated heterocycles. The van der Waals surface area contributed by atoms with E-state index in [2.05, 4.69) is 0 Å². The van der Waals surface area contributed by atoms with E-state index in [1.54, 1.807) is 48.3 Å². The van der Waals surface area contributed by atoms with Gasteiger partial charge in [-0.15, -0.1) is 0 Å². The number of fused-ring (bicyclic) bond motifs is 1. The molecule has 0 radical (unpaired) electrons. The Kier molecular flexibility index (Phi) is 5.11. The summed E-state index contributed by atoms with van der Waals surface area (Å²) in [7, 11) is 1.69. The van der Waals surface area contributed by atoms with Crippen molar-refractivity contribution in [3.8, 4) is 0 Å². The monoisotopic (exact) mass is 355 g/mol. The zero-order valence-electron chi connectivity index (χ0n) is 14.3. The average molecular weight is 355 g/mol. The fourth-order valence-corrected chi connectivity index (χ4v) is 2.88. The molecule has 1 amide bonds. The molecule has 5 nitrogen and oxygen atoms in total. The summed E-state index contributed by atoms with van der Waals surface area (Å²) in [5.74, 6) is -1.29. The third-order valence-electron chi connectivity index (χ3n) is 4.40. The van der Waals surface area contributed by atoms with E-state index in [1.165, 1.54) is 6.07 Å². The predicted molar refractivity (Wildman–Crippen MR) is 93.6 cm³/mol. The largest absolute Gasteiger partial charge is 0.457 e. The molecule has 0 unspecified atom stereocenters. The van der Waals surface area contributed by atoms with Crippen LogP contribution < -0.4 is 4.90 Å². The van der Waals surface area contributed by atoms with Crippen LogP contribution in [0.1, 0.15) is 27.9 Å². The second-order valence-corrected chi connectivity index (χ2v) is 6.15. The molecule has 0 saturated carbocycles. The van der Waals surface area contributed by atoms with Crippen molar-refractivity contribution in [2.45, 2.75) is 19.3 Å². The molecular weight excluding hydrogens is 337 g/mol. The minimum atomic E-state index is -0.558. The number of ketones is 1. The number of amides is 1. The van der Waals surface area contributed by atoms with Gasteiger partial charge in [0.25, 0.3) is 0 Å². The Morgan fingerprint density at radius 3 is 2.73 bits per heavy atom. The topological polar surface area (TPSA) is 63.7 Å². The Morgan fingerprint density at radius 1 is 1.19 bits per heavy atom. The summed E-state index contributed by atoms with van der Waals surface area (Å²) >= 11 is 0. The number of anilines is 1. The second-order valence-electron chi connectivity index (χ2n) is 6.15. The van der Waals surface area contributed by atoms with E-state index in [0.717, 1.165) is 11.3 Å². The van der Waals surface area contributed by atoms with Crippen LogP contribution in [0.3, 0.4) is 0 Å². The molecule has 0 bridgehead atoms. The Balaban J connectivity index is 1.53. The standard InChI is InChI=1S/C20H18FNO4/c1-22-17-8-6-14(10-15(17)11-19(22)24)18(23)12-26-20(25)9-7-13-4-2-3-5-16(13)21/h2-6,8,10H,7,9,11-12H2,1H3. The van der Waals surface area contributed by atoms with E-state index in [-0.39, 0.29) is 43.4 Å². The third kappa shape index (κ3) is 3.79. The van der Waals surface area contributed by atoms with Gasteiger partial charge in [0.1, 0.15) is 5.82 Å². The van der Waals surface area contributed by atoms with Crippen LogP contribution in [0, 0.1) is 5.82 Å². The van der Waals surface area contributed by atoms with Crippen molar-refractivity contribution < 1.29 is 23.5 Å². The summed E-state index contributed by atoms with van der Waals surface area (Å²) in [5.41, 5.74) is 2.40. The predicted octanol–water partition coefficient (Wildman–Crippen LogP) is 2.70. The molecule has 26 heavy (non-hydrogen) atoms. The number of carbonyl (C=O) groups is 3. The minimum absolute atomic E-state index is 0.00228. The van der Waals surface area contributed by atoms with Crippen molar-refractivity contribution >= 4 is 23.3 Å². The number of hydrogen-bond acceptors (Lipinski definition) is 4. The van der Waals surface area contributed by atoms with E-state index in [0.29, 0.717) is 11.1 Å². The van der Waals surface area contributed by atoms with Gasteiger partial charge in [0, 0.05) is 24.7 Å². The minimum Gasteiger partial charge on any atom is -0.457 e. The van der Waals surface area contributed by atoms with E-state index < -0.39 is 5.97 Å². The maximum absolute atomic E-state index is 13.5. The van der Waals surface area contributed by atoms with Crippen molar-refractivity contribution in [3.05, 3.63) is 65.0 Å². The van der Waals surface area contributed by atoms with Crippen LogP contribution in [-0.4, -0.2) is 31.3 Å². The zero-order chi connectivity index (χ0) is 18.7. The SMILES string of the molecule is CN1C(=O)Cc2cc(C(=O)COC(=O)CCc3ccccc3F)ccc21. The van der Waals surface area contributed by atoms with Crippen molar-refractivity contribution in [2.75, 3.05) is 18.6 Å². The molecule has 1 aliphatic rings. The highest BCUT2D eigenvalue weighted by atomic mass is 19.1. The van der Waals surface area contributed by atoms with Crippen LogP contribution in [0.4, 0.5) is 10.1 Å². The van der Waals surface area contributed by atoms with Crippen LogP contribution >= 0.6 is 0 Å². The molecule has 0 aromatic heterocycles. The quantitative estimate of drug-likeness (QED) is 0.590. The molecule has 2 aromatic rings. The van der Waals surface area contributed by atoms with Gasteiger partial charge >= 0.3 is 5.97 Å². The van der Waals surface area contributed by atoms with Crippen LogP contribution in [-0.2, 0) is 27.2 Å². The smallest absolute Gasteiger partial charge is 0.306 e. The van der Waals surface area contributed by atoms with E-state index in [1.807, 2.05) is 0 Å². The summed E-state index contributed by atoms with van der Waals surface area (Å²) in [6, 6.07) is 11.2. The summed E-state index contributed by atoms with van der Waals surface area (Å²) in [5, 5.41) is 0. The number of Topliss-reactive ketones (excluding diaryl/α,β-unsaturated/α-hetero) is 1. The maximum atomic E-state index is 13.5. The zero-order valence-corrected chi connectivity index (χ0v) is 14.3. The summed E-state index contributed by atoms with van der Waals surface area (Å²) in [6.45, 7) is -0.376. The number of ether oxygens (including phenoxy) is 1. The fraction of sp³-hybridized carbons (Fsp3) is 0.250. The van der Waals surface area contributed by atoms with Gasteiger partial charge in [0.2, 0.25) is 5.91 Å². The first-order valence-corrected chi connectivity index (χ1v) is 8.27. The van der Waals surface area contributed by atoms with Gasteiger partial charge < -0.3 is 9.64 Å². The fourth-order valence-electron chi connectivity index (χ4n) is 2.88. The Morgan fingerprint density at radius 2 is 1.96 bits per heavy atom. The number of esters is 1. The maximum Gasteiger partial charge on any atom is 0.306 e. The average Bonchev–Trinajstić information content (AvgIpc) is 2.92. The van der Waals surface area contributed by atoms with Gasteiger partial charge in [-0.2, -0.15) is 0 Å². The molecule has 0 aliphatic carbocycles. The van der Waals surface area contributed by atoms with Crippen molar-refractivity contribution in [3.63, 3.8) is 0 Å². The first-order chi connectivity index (χ1) is 12.5. The van der Waals surface area contributed by atoms with Gasteiger partial charge in [0.05, 0.1) is 6.42 Å². The molecule has 3 rings (SSSR count). The lowest BCUT2D eigenvalue weighted by Crippen LogP contribution is -2.20. The van der Waals surface area contributed by atoms with Crippen molar-refractivity contribution in [1.29, 1.82) is 0 Å². The Bertz CT molecular complexity index is 878. The van der Waals surface area contributed by atoms with Gasteiger partial charge in [-0.25, -0.2) is 4.39 Å². The molecule has 2 aromatic carbocycles. The van der Waals surface area contributed by atoms with Gasteiger partial charge in [-0.3, -0.25) is 14.4 Å². The van der Waals surface area contributed by atoms with Crippen LogP contribution in [0.15, 0.2) is 42.5 Å². The lowest BCUT2D eigenvalue weighted by atomic mass is 10.1. The molecular formula is C20H18FNO4. The van der Waals surface area contributed by atoms with Gasteiger partial charge in [-0.05, 0) is 41.8 Å². The number of carbonyl (C=O) groups excluding carboxylic acids is 3. The number of aryl methyl sites for hydroxylation is 1. The highest BCUT2D eigenvalue weighted by Crippen LogP contribution is 2.28. The lowest BCUT2D eigenvalue weighted by Gasteiger charge is -2.10. The number of halogens is 1. The molecule has 1 heterocycles. The van der Waals surface area contributed by atoms with E-state index >= 15 is 0 Å². The molecule has 0 atom stereocenters. The number of nitrogens with zero attached hydrogens (tertiary/aromatic N) is 1. The van der Waals surface area contributed by atoms with E-state index in [4.69, 9.17) is 4.74 Å². The van der Waals surface area contributed by atoms with Crippen LogP contribution in [0.5, 0.6) is 0 Å². The summed E-state index contributed by atoms with van der Waals surface area (Å²) in [6.07, 6.45) is 0.472. The first-order valence-electron chi connectivity index (χ1n) is 8.27. The molecule has 1 aliphatic heterocycles. The van der Waals surface area contributed by atoms with Crippen molar-refractivity contribution in [2.24, 2.45) is 0 Å². The number of rotatable bonds is 6. The molecule has 0 fully saturated rings. The van der Waals surface area contributed by atoms with Crippen molar-refractivity contribution in [1.82, 2.24) is 0 Å². The molecule has 0 N–H and O–H groups in total. The van der Waals surface area contributed by atoms with Crippen LogP contribution in [0.2, 0.25) is 0 Å². The molecule has 0 spiro atoms. The van der Waals surface area contributed by atoms with Crippen LogP contribution in [0.25, 0.3) is 0 Å². The second kappa shape index (κ2) is 7.47. The summed E-state index contributed by atoms with van der Waals surface area (Å²) < 4.78 is 18.5. The molecule has 134 valence electrons. The Hall–Kier alpha value is -3.02. The van der Waals surface area contributed by atoms with Gasteiger partial charge in [-0.1, -0.05) is 18.2 Å². The summed E-state index contributed by atoms with van der Waals surface area (Å²) in [4.78, 5) is 37.2. The number of hydrogen-bond donors (Lipinski definition) is 0. The first kappa shape index (κ1) is 17.8. The number of likely N-dealkylation sites (N-methyl/N-ethyl adjacent to an activating group) is 1.